The Hall–Kier alpha value is -3.03. The van der Waals surface area contributed by atoms with Crippen LogP contribution in [0.25, 0.3) is 17.3 Å². The van der Waals surface area contributed by atoms with E-state index in [9.17, 15) is 4.79 Å². The van der Waals surface area contributed by atoms with E-state index >= 15 is 0 Å². The van der Waals surface area contributed by atoms with E-state index in [4.69, 9.17) is 4.52 Å². The van der Waals surface area contributed by atoms with E-state index in [0.717, 1.165) is 18.4 Å². The van der Waals surface area contributed by atoms with Gasteiger partial charge in [-0.05, 0) is 39.3 Å². The maximum Gasteiger partial charge on any atom is 0.258 e. The molecule has 8 nitrogen and oxygen atoms in total. The van der Waals surface area contributed by atoms with Gasteiger partial charge in [-0.25, -0.2) is 9.67 Å². The quantitative estimate of drug-likeness (QED) is 0.731. The van der Waals surface area contributed by atoms with Crippen LogP contribution in [-0.4, -0.2) is 36.9 Å². The van der Waals surface area contributed by atoms with Crippen LogP contribution in [0.3, 0.4) is 0 Å². The van der Waals surface area contributed by atoms with Gasteiger partial charge in [0, 0.05) is 24.2 Å². The lowest BCUT2D eigenvalue weighted by atomic mass is 10.2. The van der Waals surface area contributed by atoms with E-state index in [1.54, 1.807) is 23.1 Å². The van der Waals surface area contributed by atoms with Crippen molar-refractivity contribution in [1.29, 1.82) is 0 Å². The Balaban J connectivity index is 1.91. The molecule has 0 radical (unpaired) electrons. The molecule has 0 aliphatic rings. The van der Waals surface area contributed by atoms with Crippen LogP contribution in [0.4, 0.5) is 0 Å². The van der Waals surface area contributed by atoms with E-state index in [-0.39, 0.29) is 11.9 Å². The fourth-order valence-electron chi connectivity index (χ4n) is 2.57. The molecule has 0 fully saturated rings. The first-order chi connectivity index (χ1) is 12.5. The Morgan fingerprint density at radius 1 is 1.38 bits per heavy atom. The first kappa shape index (κ1) is 17.8. The number of hydrogen-bond acceptors (Lipinski definition) is 6. The van der Waals surface area contributed by atoms with Crippen molar-refractivity contribution >= 4 is 5.91 Å². The number of pyridine rings is 1. The molecule has 3 aromatic rings. The number of aromatic nitrogens is 5. The van der Waals surface area contributed by atoms with Crippen molar-refractivity contribution in [2.75, 3.05) is 0 Å². The lowest BCUT2D eigenvalue weighted by molar-refractivity contribution is 0.0942. The summed E-state index contributed by atoms with van der Waals surface area (Å²) < 4.78 is 6.96. The van der Waals surface area contributed by atoms with Crippen LogP contribution in [0.15, 0.2) is 29.0 Å². The summed E-state index contributed by atoms with van der Waals surface area (Å²) in [5.41, 5.74) is 1.99. The van der Waals surface area contributed by atoms with Gasteiger partial charge >= 0.3 is 0 Å². The molecule has 3 heterocycles. The molecule has 3 aromatic heterocycles. The van der Waals surface area contributed by atoms with Gasteiger partial charge < -0.3 is 9.84 Å². The molecule has 3 rings (SSSR count). The van der Waals surface area contributed by atoms with E-state index < -0.39 is 0 Å². The highest BCUT2D eigenvalue weighted by Crippen LogP contribution is 2.20. The lowest BCUT2D eigenvalue weighted by Gasteiger charge is -2.08. The fraction of sp³-hybridized carbons (Fsp3) is 0.389. The summed E-state index contributed by atoms with van der Waals surface area (Å²) >= 11 is 0. The van der Waals surface area contributed by atoms with Crippen molar-refractivity contribution in [2.24, 2.45) is 0 Å². The summed E-state index contributed by atoms with van der Waals surface area (Å²) in [4.78, 5) is 21.0. The van der Waals surface area contributed by atoms with E-state index in [2.05, 4.69) is 32.5 Å². The second-order valence-corrected chi connectivity index (χ2v) is 6.35. The lowest BCUT2D eigenvalue weighted by Crippen LogP contribution is -2.30. The second-order valence-electron chi connectivity index (χ2n) is 6.35. The molecular weight excluding hydrogens is 332 g/mol. The predicted molar refractivity (Wildman–Crippen MR) is 96.0 cm³/mol. The van der Waals surface area contributed by atoms with Gasteiger partial charge in [-0.1, -0.05) is 12.1 Å². The van der Waals surface area contributed by atoms with Crippen molar-refractivity contribution < 1.29 is 9.32 Å². The number of amides is 1. The van der Waals surface area contributed by atoms with Crippen molar-refractivity contribution in [3.05, 3.63) is 41.6 Å². The Kier molecular flexibility index (Phi) is 5.11. The van der Waals surface area contributed by atoms with Crippen LogP contribution in [0.2, 0.25) is 0 Å². The van der Waals surface area contributed by atoms with Crippen molar-refractivity contribution in [3.8, 4) is 17.3 Å². The number of carbonyl (C=O) groups excluding carboxylic acids is 1. The molecule has 1 amide bonds. The smallest absolute Gasteiger partial charge is 0.258 e. The summed E-state index contributed by atoms with van der Waals surface area (Å²) in [5.74, 6) is 1.56. The summed E-state index contributed by atoms with van der Waals surface area (Å²) in [7, 11) is 0. The third-order valence-electron chi connectivity index (χ3n) is 3.83. The average molecular weight is 354 g/mol. The zero-order chi connectivity index (χ0) is 18.7. The number of nitrogens with zero attached hydrogens (tertiary/aromatic N) is 5. The first-order valence-electron chi connectivity index (χ1n) is 8.64. The molecule has 0 unspecified atom stereocenters. The minimum absolute atomic E-state index is 0.0570. The maximum absolute atomic E-state index is 12.3. The Labute approximate surface area is 151 Å². The Morgan fingerprint density at radius 3 is 2.92 bits per heavy atom. The molecule has 0 aromatic carbocycles. The highest BCUT2D eigenvalue weighted by Gasteiger charge is 2.17. The predicted octanol–water partition coefficient (Wildman–Crippen LogP) is 2.72. The highest BCUT2D eigenvalue weighted by atomic mass is 16.5. The van der Waals surface area contributed by atoms with Crippen molar-refractivity contribution in [2.45, 2.75) is 46.6 Å². The highest BCUT2D eigenvalue weighted by molar-refractivity contribution is 5.95. The van der Waals surface area contributed by atoms with Gasteiger partial charge in [-0.3, -0.25) is 4.79 Å². The number of nitrogens with one attached hydrogen (secondary N) is 1. The molecule has 0 bridgehead atoms. The molecule has 0 aliphatic carbocycles. The summed E-state index contributed by atoms with van der Waals surface area (Å²) in [5, 5.41) is 11.2. The second kappa shape index (κ2) is 7.47. The largest absolute Gasteiger partial charge is 0.350 e. The zero-order valence-electron chi connectivity index (χ0n) is 15.4. The van der Waals surface area contributed by atoms with Crippen LogP contribution in [-0.2, 0) is 6.42 Å². The van der Waals surface area contributed by atoms with Gasteiger partial charge in [-0.15, -0.1) is 0 Å². The van der Waals surface area contributed by atoms with Crippen molar-refractivity contribution in [3.63, 3.8) is 0 Å². The number of aryl methyl sites for hydroxylation is 1. The molecule has 0 atom stereocenters. The molecule has 136 valence electrons. The van der Waals surface area contributed by atoms with Crippen LogP contribution in [0.5, 0.6) is 0 Å². The van der Waals surface area contributed by atoms with Gasteiger partial charge in [0.15, 0.2) is 11.6 Å². The number of rotatable bonds is 6. The van der Waals surface area contributed by atoms with Gasteiger partial charge in [0.1, 0.15) is 0 Å². The van der Waals surface area contributed by atoms with Crippen LogP contribution >= 0.6 is 0 Å². The fourth-order valence-corrected chi connectivity index (χ4v) is 2.57. The van der Waals surface area contributed by atoms with Gasteiger partial charge in [0.05, 0.1) is 17.5 Å². The topological polar surface area (TPSA) is 98.7 Å². The summed E-state index contributed by atoms with van der Waals surface area (Å²) in [6.45, 7) is 7.73. The van der Waals surface area contributed by atoms with Gasteiger partial charge in [-0.2, -0.15) is 10.1 Å². The van der Waals surface area contributed by atoms with Crippen LogP contribution in [0.1, 0.15) is 49.1 Å². The minimum atomic E-state index is -0.152. The van der Waals surface area contributed by atoms with E-state index in [0.29, 0.717) is 28.8 Å². The first-order valence-corrected chi connectivity index (χ1v) is 8.64. The van der Waals surface area contributed by atoms with Crippen LogP contribution in [0, 0.1) is 6.92 Å². The monoisotopic (exact) mass is 354 g/mol. The third kappa shape index (κ3) is 3.63. The SMILES string of the molecule is CCCc1noc(-c2ccnc(-n3ncc(C(=O)NC(C)C)c3C)c2)n1. The molecule has 26 heavy (non-hydrogen) atoms. The maximum atomic E-state index is 12.3. The summed E-state index contributed by atoms with van der Waals surface area (Å²) in [6, 6.07) is 3.67. The third-order valence-corrected chi connectivity index (χ3v) is 3.83. The molecular formula is C18H22N6O2. The van der Waals surface area contributed by atoms with E-state index in [1.807, 2.05) is 26.8 Å². The number of hydrogen-bond donors (Lipinski definition) is 1. The normalized spacial score (nSPS) is 11.1. The summed E-state index contributed by atoms with van der Waals surface area (Å²) in [6.07, 6.45) is 4.93. The van der Waals surface area contributed by atoms with Crippen molar-refractivity contribution in [1.82, 2.24) is 30.2 Å². The molecule has 8 heteroatoms. The average Bonchev–Trinajstić information content (AvgIpc) is 3.21. The standard InChI is InChI=1S/C18H22N6O2/c1-5-6-15-22-18(26-23-15)13-7-8-19-16(9-13)24-12(4)14(10-20-24)17(25)21-11(2)3/h7-11H,5-6H2,1-4H3,(H,21,25). The molecule has 0 spiro atoms. The molecule has 0 saturated heterocycles. The molecule has 0 saturated carbocycles. The molecule has 0 aliphatic heterocycles. The van der Waals surface area contributed by atoms with Crippen LogP contribution < -0.4 is 5.32 Å². The Bertz CT molecular complexity index is 912. The van der Waals surface area contributed by atoms with E-state index in [1.165, 1.54) is 0 Å². The minimum Gasteiger partial charge on any atom is -0.350 e. The van der Waals surface area contributed by atoms with Gasteiger partial charge in [0.25, 0.3) is 11.8 Å². The molecule has 1 N–H and O–H groups in total. The zero-order valence-corrected chi connectivity index (χ0v) is 15.4. The number of carbonyl (C=O) groups is 1. The van der Waals surface area contributed by atoms with Gasteiger partial charge in [0.2, 0.25) is 0 Å². The Morgan fingerprint density at radius 2 is 2.19 bits per heavy atom.